The number of aromatic nitrogens is 5. The minimum atomic E-state index is -0.924. The SMILES string of the molecule is CN(C)c1cc(-c2ccc(Cl)c(CC(NC(=O)c3ccnn3C)C(=O)Nc3ccc(-c4cncn4C)cc3)c2)ccn1. The number of benzene rings is 2. The zero-order valence-electron chi connectivity index (χ0n) is 23.7. The first kappa shape index (κ1) is 28.6. The quantitative estimate of drug-likeness (QED) is 0.263. The van der Waals surface area contributed by atoms with Crippen molar-refractivity contribution in [1.82, 2.24) is 29.6 Å². The second-order valence-electron chi connectivity index (χ2n) is 10.1. The molecule has 0 aliphatic heterocycles. The third kappa shape index (κ3) is 6.34. The predicted octanol–water partition coefficient (Wildman–Crippen LogP) is 4.58. The van der Waals surface area contributed by atoms with E-state index in [1.54, 1.807) is 37.9 Å². The van der Waals surface area contributed by atoms with Gasteiger partial charge in [0.05, 0.1) is 18.2 Å². The van der Waals surface area contributed by atoms with Crippen molar-refractivity contribution in [2.24, 2.45) is 14.1 Å². The van der Waals surface area contributed by atoms with E-state index in [0.29, 0.717) is 16.4 Å². The highest BCUT2D eigenvalue weighted by molar-refractivity contribution is 6.31. The Balaban J connectivity index is 1.41. The van der Waals surface area contributed by atoms with Crippen LogP contribution in [0.25, 0.3) is 22.4 Å². The smallest absolute Gasteiger partial charge is 0.270 e. The molecule has 0 aliphatic carbocycles. The number of nitrogens with zero attached hydrogens (tertiary/aromatic N) is 6. The molecule has 2 amide bonds. The molecule has 0 spiro atoms. The molecule has 214 valence electrons. The molecule has 0 aliphatic rings. The van der Waals surface area contributed by atoms with Crippen molar-refractivity contribution in [3.63, 3.8) is 0 Å². The van der Waals surface area contributed by atoms with Crippen LogP contribution in [0.1, 0.15) is 16.1 Å². The van der Waals surface area contributed by atoms with E-state index < -0.39 is 11.9 Å². The van der Waals surface area contributed by atoms with Gasteiger partial charge >= 0.3 is 0 Å². The van der Waals surface area contributed by atoms with Crippen LogP contribution in [0.15, 0.2) is 85.6 Å². The topological polar surface area (TPSA) is 110 Å². The molecule has 0 saturated carbocycles. The van der Waals surface area contributed by atoms with Crippen LogP contribution in [-0.2, 0) is 25.3 Å². The summed E-state index contributed by atoms with van der Waals surface area (Å²) in [5.41, 5.74) is 5.44. The van der Waals surface area contributed by atoms with Crippen molar-refractivity contribution in [1.29, 1.82) is 0 Å². The van der Waals surface area contributed by atoms with Crippen LogP contribution in [0.4, 0.5) is 11.5 Å². The Hall–Kier alpha value is -4.96. The Labute approximate surface area is 249 Å². The highest BCUT2D eigenvalue weighted by Crippen LogP contribution is 2.28. The number of aryl methyl sites for hydroxylation is 2. The average molecular weight is 583 g/mol. The molecule has 5 aromatic rings. The first-order valence-electron chi connectivity index (χ1n) is 13.3. The van der Waals surface area contributed by atoms with Crippen LogP contribution in [-0.4, -0.2) is 56.3 Å². The number of rotatable bonds is 9. The van der Waals surface area contributed by atoms with Crippen molar-refractivity contribution in [3.8, 4) is 22.4 Å². The number of carbonyl (C=O) groups is 2. The maximum absolute atomic E-state index is 13.6. The second-order valence-corrected chi connectivity index (χ2v) is 10.5. The number of nitrogens with one attached hydrogen (secondary N) is 2. The van der Waals surface area contributed by atoms with Gasteiger partial charge in [0.15, 0.2) is 0 Å². The van der Waals surface area contributed by atoms with Gasteiger partial charge in [-0.2, -0.15) is 5.10 Å². The van der Waals surface area contributed by atoms with Gasteiger partial charge in [-0.1, -0.05) is 29.8 Å². The molecule has 0 saturated heterocycles. The van der Waals surface area contributed by atoms with Gasteiger partial charge in [0.1, 0.15) is 17.6 Å². The van der Waals surface area contributed by atoms with Crippen molar-refractivity contribution >= 4 is 34.9 Å². The molecule has 5 rings (SSSR count). The number of anilines is 2. The summed E-state index contributed by atoms with van der Waals surface area (Å²) >= 11 is 6.63. The van der Waals surface area contributed by atoms with E-state index in [4.69, 9.17) is 11.6 Å². The lowest BCUT2D eigenvalue weighted by molar-refractivity contribution is -0.118. The number of carbonyl (C=O) groups excluding carboxylic acids is 2. The molecule has 1 unspecified atom stereocenters. The lowest BCUT2D eigenvalue weighted by atomic mass is 9.99. The summed E-state index contributed by atoms with van der Waals surface area (Å²) in [4.78, 5) is 37.3. The van der Waals surface area contributed by atoms with Gasteiger partial charge in [0, 0.05) is 57.7 Å². The Kier molecular flexibility index (Phi) is 8.35. The van der Waals surface area contributed by atoms with Gasteiger partial charge in [-0.15, -0.1) is 0 Å². The van der Waals surface area contributed by atoms with Crippen molar-refractivity contribution < 1.29 is 9.59 Å². The fourth-order valence-corrected chi connectivity index (χ4v) is 4.80. The molecule has 0 radical (unpaired) electrons. The largest absolute Gasteiger partial charge is 0.363 e. The van der Waals surface area contributed by atoms with Crippen LogP contribution < -0.4 is 15.5 Å². The summed E-state index contributed by atoms with van der Waals surface area (Å²) in [6.45, 7) is 0. The highest BCUT2D eigenvalue weighted by atomic mass is 35.5. The molecule has 3 aromatic heterocycles. The highest BCUT2D eigenvalue weighted by Gasteiger charge is 2.25. The monoisotopic (exact) mass is 582 g/mol. The van der Waals surface area contributed by atoms with Crippen molar-refractivity contribution in [2.75, 3.05) is 24.3 Å². The number of imidazole rings is 1. The average Bonchev–Trinajstić information content (AvgIpc) is 3.62. The number of hydrogen-bond acceptors (Lipinski definition) is 6. The van der Waals surface area contributed by atoms with Crippen LogP contribution in [0.2, 0.25) is 5.02 Å². The summed E-state index contributed by atoms with van der Waals surface area (Å²) in [6.07, 6.45) is 6.97. The second kappa shape index (κ2) is 12.3. The molecule has 2 N–H and O–H groups in total. The van der Waals surface area contributed by atoms with Gasteiger partial charge in [-0.25, -0.2) is 9.97 Å². The molecule has 3 heterocycles. The molecule has 42 heavy (non-hydrogen) atoms. The number of amides is 2. The first-order chi connectivity index (χ1) is 20.2. The molecular weight excluding hydrogens is 552 g/mol. The van der Waals surface area contributed by atoms with Crippen LogP contribution in [0.3, 0.4) is 0 Å². The van der Waals surface area contributed by atoms with E-state index in [0.717, 1.165) is 33.8 Å². The summed E-state index contributed by atoms with van der Waals surface area (Å²) in [6, 6.07) is 17.7. The summed E-state index contributed by atoms with van der Waals surface area (Å²) in [5.74, 6) is 0.0249. The van der Waals surface area contributed by atoms with Crippen LogP contribution in [0.5, 0.6) is 0 Å². The van der Waals surface area contributed by atoms with E-state index in [2.05, 4.69) is 25.7 Å². The lowest BCUT2D eigenvalue weighted by Crippen LogP contribution is -2.45. The van der Waals surface area contributed by atoms with Crippen LogP contribution in [0, 0.1) is 0 Å². The van der Waals surface area contributed by atoms with E-state index in [1.165, 1.54) is 10.9 Å². The van der Waals surface area contributed by atoms with E-state index in [9.17, 15) is 9.59 Å². The summed E-state index contributed by atoms with van der Waals surface area (Å²) < 4.78 is 3.38. The van der Waals surface area contributed by atoms with Crippen LogP contribution >= 0.6 is 11.6 Å². The van der Waals surface area contributed by atoms with Crippen molar-refractivity contribution in [2.45, 2.75) is 12.5 Å². The Morgan fingerprint density at radius 3 is 2.36 bits per heavy atom. The number of hydrogen-bond donors (Lipinski definition) is 2. The van der Waals surface area contributed by atoms with E-state index in [-0.39, 0.29) is 12.3 Å². The number of halogens is 1. The van der Waals surface area contributed by atoms with Gasteiger partial charge in [-0.05, 0) is 64.7 Å². The maximum atomic E-state index is 13.6. The van der Waals surface area contributed by atoms with Gasteiger partial charge < -0.3 is 20.1 Å². The zero-order valence-corrected chi connectivity index (χ0v) is 24.5. The molecule has 0 fully saturated rings. The lowest BCUT2D eigenvalue weighted by Gasteiger charge is -2.20. The molecule has 0 bridgehead atoms. The number of pyridine rings is 1. The molecule has 1 atom stereocenters. The third-order valence-corrected chi connectivity index (χ3v) is 7.32. The summed E-state index contributed by atoms with van der Waals surface area (Å²) in [5, 5.41) is 10.4. The predicted molar refractivity (Wildman–Crippen MR) is 164 cm³/mol. The standard InChI is InChI=1S/C31H31ClN8O2/c1-38(2)29-17-22(11-13-34-29)21-7-10-25(32)23(15-21)16-26(37-31(42)27-12-14-35-40(27)4)30(41)36-24-8-5-20(6-9-24)28-18-33-19-39(28)3/h5-15,17-19,26H,16H2,1-4H3,(H,36,41)(H,37,42). The Bertz CT molecular complexity index is 1730. The zero-order chi connectivity index (χ0) is 29.8. The molecule has 2 aromatic carbocycles. The normalized spacial score (nSPS) is 11.6. The molecule has 10 nitrogen and oxygen atoms in total. The van der Waals surface area contributed by atoms with Gasteiger partial charge in [0.25, 0.3) is 5.91 Å². The Morgan fingerprint density at radius 2 is 1.69 bits per heavy atom. The van der Waals surface area contributed by atoms with Gasteiger partial charge in [-0.3, -0.25) is 14.3 Å². The minimum absolute atomic E-state index is 0.167. The fraction of sp³-hybridized carbons (Fsp3) is 0.194. The fourth-order valence-electron chi connectivity index (χ4n) is 4.60. The first-order valence-corrected chi connectivity index (χ1v) is 13.7. The third-order valence-electron chi connectivity index (χ3n) is 6.95. The van der Waals surface area contributed by atoms with E-state index >= 15 is 0 Å². The van der Waals surface area contributed by atoms with Gasteiger partial charge in [0.2, 0.25) is 5.91 Å². The minimum Gasteiger partial charge on any atom is -0.363 e. The molecule has 11 heteroatoms. The molecular formula is C31H31ClN8O2. The van der Waals surface area contributed by atoms with E-state index in [1.807, 2.05) is 79.1 Å². The Morgan fingerprint density at radius 1 is 0.952 bits per heavy atom. The van der Waals surface area contributed by atoms with Crippen molar-refractivity contribution in [3.05, 3.63) is 102 Å². The summed E-state index contributed by atoms with van der Waals surface area (Å²) in [7, 11) is 7.45. The maximum Gasteiger partial charge on any atom is 0.270 e.